The van der Waals surface area contributed by atoms with Crippen molar-refractivity contribution in [2.75, 3.05) is 0 Å². The number of rotatable bonds is 5. The van der Waals surface area contributed by atoms with Crippen LogP contribution in [0.3, 0.4) is 0 Å². The Bertz CT molecular complexity index is 908. The molecule has 2 aromatic heterocycles. The van der Waals surface area contributed by atoms with E-state index in [-0.39, 0.29) is 11.6 Å². The molecule has 2 heterocycles. The van der Waals surface area contributed by atoms with E-state index in [4.69, 9.17) is 8.94 Å². The van der Waals surface area contributed by atoms with Crippen molar-refractivity contribution in [2.45, 2.75) is 25.5 Å². The Labute approximate surface area is 134 Å². The predicted molar refractivity (Wildman–Crippen MR) is 84.1 cm³/mol. The van der Waals surface area contributed by atoms with Gasteiger partial charge in [0.1, 0.15) is 0 Å². The minimum absolute atomic E-state index is 0.159. The average molecular weight is 332 g/mol. The van der Waals surface area contributed by atoms with Crippen molar-refractivity contribution in [1.29, 1.82) is 0 Å². The summed E-state index contributed by atoms with van der Waals surface area (Å²) < 4.78 is 37.5. The predicted octanol–water partition coefficient (Wildman–Crippen LogP) is 3.03. The highest BCUT2D eigenvalue weighted by Crippen LogP contribution is 2.25. The fraction of sp³-hybridized carbons (Fsp3) is 0.188. The van der Waals surface area contributed by atoms with E-state index in [1.165, 1.54) is 6.07 Å². The Balaban J connectivity index is 1.75. The first-order chi connectivity index (χ1) is 10.9. The summed E-state index contributed by atoms with van der Waals surface area (Å²) in [6, 6.07) is 12.2. The van der Waals surface area contributed by atoms with Gasteiger partial charge in [0, 0.05) is 12.6 Å². The third kappa shape index (κ3) is 3.52. The van der Waals surface area contributed by atoms with Crippen LogP contribution in [0.2, 0.25) is 0 Å². The number of sulfonamides is 1. The fourth-order valence-electron chi connectivity index (χ4n) is 2.03. The molecule has 0 saturated heterocycles. The van der Waals surface area contributed by atoms with Crippen LogP contribution in [0.1, 0.15) is 16.8 Å². The summed E-state index contributed by atoms with van der Waals surface area (Å²) in [6.45, 7) is 3.94. The van der Waals surface area contributed by atoms with E-state index < -0.39 is 10.0 Å². The van der Waals surface area contributed by atoms with Gasteiger partial charge in [0.05, 0.1) is 5.69 Å². The lowest BCUT2D eigenvalue weighted by Gasteiger charge is -2.04. The van der Waals surface area contributed by atoms with Gasteiger partial charge in [-0.05, 0) is 31.5 Å². The van der Waals surface area contributed by atoms with E-state index in [9.17, 15) is 8.42 Å². The molecule has 1 aromatic carbocycles. The van der Waals surface area contributed by atoms with E-state index in [0.717, 1.165) is 11.1 Å². The summed E-state index contributed by atoms with van der Waals surface area (Å²) in [4.78, 5) is 0. The molecule has 0 unspecified atom stereocenters. The van der Waals surface area contributed by atoms with E-state index in [2.05, 4.69) is 9.88 Å². The Kier molecular flexibility index (Phi) is 4.06. The molecule has 0 atom stereocenters. The topological polar surface area (TPSA) is 85.3 Å². The van der Waals surface area contributed by atoms with Gasteiger partial charge in [0.15, 0.2) is 5.76 Å². The van der Waals surface area contributed by atoms with E-state index in [1.807, 2.05) is 31.2 Å². The van der Waals surface area contributed by atoms with Crippen molar-refractivity contribution in [2.24, 2.45) is 0 Å². The molecule has 0 aliphatic heterocycles. The van der Waals surface area contributed by atoms with Crippen LogP contribution >= 0.6 is 0 Å². The molecule has 0 aliphatic carbocycles. The lowest BCUT2D eigenvalue weighted by Crippen LogP contribution is -2.22. The molecular formula is C16H16N2O4S. The van der Waals surface area contributed by atoms with Crippen LogP contribution in [-0.2, 0) is 16.6 Å². The summed E-state index contributed by atoms with van der Waals surface area (Å²) in [6.07, 6.45) is 0. The van der Waals surface area contributed by atoms with Gasteiger partial charge in [0.25, 0.3) is 10.0 Å². The molecule has 3 aromatic rings. The molecule has 0 spiro atoms. The Morgan fingerprint density at radius 1 is 1.04 bits per heavy atom. The number of hydrogen-bond acceptors (Lipinski definition) is 5. The highest BCUT2D eigenvalue weighted by molar-refractivity contribution is 7.89. The standard InChI is InChI=1S/C16H16N2O4S/c1-11-3-5-13(6-4-11)10-17-23(19,20)16-8-7-14(21-16)15-9-12(2)18-22-15/h3-9,17H,10H2,1-2H3. The minimum Gasteiger partial charge on any atom is -0.440 e. The van der Waals surface area contributed by atoms with Crippen LogP contribution in [0.15, 0.2) is 56.5 Å². The normalized spacial score (nSPS) is 11.7. The van der Waals surface area contributed by atoms with Crippen molar-refractivity contribution in [3.63, 3.8) is 0 Å². The van der Waals surface area contributed by atoms with Gasteiger partial charge in [-0.2, -0.15) is 0 Å². The third-order valence-electron chi connectivity index (χ3n) is 3.30. The molecule has 7 heteroatoms. The lowest BCUT2D eigenvalue weighted by molar-refractivity contribution is 0.397. The summed E-state index contributed by atoms with van der Waals surface area (Å²) in [5.41, 5.74) is 2.68. The minimum atomic E-state index is -3.73. The van der Waals surface area contributed by atoms with Crippen molar-refractivity contribution < 1.29 is 17.4 Å². The maximum Gasteiger partial charge on any atom is 0.274 e. The van der Waals surface area contributed by atoms with Crippen LogP contribution in [0.25, 0.3) is 11.5 Å². The molecule has 0 radical (unpaired) electrons. The molecule has 0 aliphatic rings. The zero-order valence-corrected chi connectivity index (χ0v) is 13.6. The Morgan fingerprint density at radius 2 is 1.78 bits per heavy atom. The van der Waals surface area contributed by atoms with Crippen LogP contribution in [0.5, 0.6) is 0 Å². The molecule has 3 rings (SSSR count). The Morgan fingerprint density at radius 3 is 2.43 bits per heavy atom. The second-order valence-electron chi connectivity index (χ2n) is 5.26. The first kappa shape index (κ1) is 15.5. The van der Waals surface area contributed by atoms with Crippen LogP contribution in [-0.4, -0.2) is 13.6 Å². The molecular weight excluding hydrogens is 316 g/mol. The van der Waals surface area contributed by atoms with Crippen molar-refractivity contribution >= 4 is 10.0 Å². The molecule has 0 bridgehead atoms. The molecule has 120 valence electrons. The number of furan rings is 1. The SMILES string of the molecule is Cc1ccc(CNS(=O)(=O)c2ccc(-c3cc(C)no3)o2)cc1. The largest absolute Gasteiger partial charge is 0.440 e. The van der Waals surface area contributed by atoms with Gasteiger partial charge in [0.2, 0.25) is 10.9 Å². The third-order valence-corrected chi connectivity index (χ3v) is 4.58. The van der Waals surface area contributed by atoms with Crippen molar-refractivity contribution in [1.82, 2.24) is 9.88 Å². The van der Waals surface area contributed by atoms with E-state index >= 15 is 0 Å². The van der Waals surface area contributed by atoms with Gasteiger partial charge in [-0.3, -0.25) is 0 Å². The maximum atomic E-state index is 12.3. The molecule has 23 heavy (non-hydrogen) atoms. The maximum absolute atomic E-state index is 12.3. The zero-order valence-electron chi connectivity index (χ0n) is 12.7. The van der Waals surface area contributed by atoms with Gasteiger partial charge in [-0.25, -0.2) is 13.1 Å². The highest BCUT2D eigenvalue weighted by Gasteiger charge is 2.20. The van der Waals surface area contributed by atoms with Gasteiger partial charge < -0.3 is 8.94 Å². The average Bonchev–Trinajstić information content (AvgIpc) is 3.16. The first-order valence-corrected chi connectivity index (χ1v) is 8.51. The fourth-order valence-corrected chi connectivity index (χ4v) is 2.98. The number of hydrogen-bond donors (Lipinski definition) is 1. The molecule has 0 fully saturated rings. The quantitative estimate of drug-likeness (QED) is 0.776. The van der Waals surface area contributed by atoms with Crippen LogP contribution in [0.4, 0.5) is 0 Å². The second-order valence-corrected chi connectivity index (χ2v) is 6.96. The van der Waals surface area contributed by atoms with E-state index in [1.54, 1.807) is 19.1 Å². The summed E-state index contributed by atoms with van der Waals surface area (Å²) in [5, 5.41) is 3.59. The lowest BCUT2D eigenvalue weighted by atomic mass is 10.2. The summed E-state index contributed by atoms with van der Waals surface area (Å²) in [7, 11) is -3.73. The number of nitrogens with zero attached hydrogens (tertiary/aromatic N) is 1. The monoisotopic (exact) mass is 332 g/mol. The second kappa shape index (κ2) is 6.02. The Hall–Kier alpha value is -2.38. The number of nitrogens with one attached hydrogen (secondary N) is 1. The highest BCUT2D eigenvalue weighted by atomic mass is 32.2. The molecule has 1 N–H and O–H groups in total. The zero-order chi connectivity index (χ0) is 16.4. The molecule has 6 nitrogen and oxygen atoms in total. The summed E-state index contributed by atoms with van der Waals surface area (Å²) >= 11 is 0. The smallest absolute Gasteiger partial charge is 0.274 e. The molecule has 0 saturated carbocycles. The number of aromatic nitrogens is 1. The number of aryl methyl sites for hydroxylation is 2. The van der Waals surface area contributed by atoms with Crippen molar-refractivity contribution in [3.05, 3.63) is 59.3 Å². The molecule has 0 amide bonds. The van der Waals surface area contributed by atoms with Crippen LogP contribution in [0, 0.1) is 13.8 Å². The van der Waals surface area contributed by atoms with Gasteiger partial charge in [-0.1, -0.05) is 35.0 Å². The van der Waals surface area contributed by atoms with Crippen molar-refractivity contribution in [3.8, 4) is 11.5 Å². The first-order valence-electron chi connectivity index (χ1n) is 7.03. The van der Waals surface area contributed by atoms with Gasteiger partial charge in [-0.15, -0.1) is 0 Å². The van der Waals surface area contributed by atoms with Gasteiger partial charge >= 0.3 is 0 Å². The summed E-state index contributed by atoms with van der Waals surface area (Å²) in [5.74, 6) is 0.712. The van der Waals surface area contributed by atoms with E-state index in [0.29, 0.717) is 17.2 Å². The van der Waals surface area contributed by atoms with Crippen LogP contribution < -0.4 is 4.72 Å². The number of benzene rings is 1.